The number of hydrogen-bond donors (Lipinski definition) is 2. The summed E-state index contributed by atoms with van der Waals surface area (Å²) in [7, 11) is 3.07. The molecule has 0 fully saturated rings. The minimum absolute atomic E-state index is 0.271. The van der Waals surface area contributed by atoms with E-state index in [-0.39, 0.29) is 11.8 Å². The summed E-state index contributed by atoms with van der Waals surface area (Å²) in [5.41, 5.74) is 1.11. The van der Waals surface area contributed by atoms with Gasteiger partial charge in [-0.05, 0) is 18.1 Å². The minimum atomic E-state index is -0.378. The van der Waals surface area contributed by atoms with Gasteiger partial charge in [-0.25, -0.2) is 9.18 Å². The van der Waals surface area contributed by atoms with Crippen LogP contribution < -0.4 is 20.1 Å². The minimum Gasteiger partial charge on any atom is -0.497 e. The first-order valence-electron chi connectivity index (χ1n) is 7.13. The van der Waals surface area contributed by atoms with Gasteiger partial charge in [0.25, 0.3) is 0 Å². The van der Waals surface area contributed by atoms with E-state index in [1.54, 1.807) is 36.4 Å². The molecule has 0 aliphatic rings. The highest BCUT2D eigenvalue weighted by Crippen LogP contribution is 2.25. The van der Waals surface area contributed by atoms with Crippen molar-refractivity contribution in [3.63, 3.8) is 0 Å². The first-order chi connectivity index (χ1) is 11.1. The number of ether oxygens (including phenoxy) is 2. The van der Waals surface area contributed by atoms with Gasteiger partial charge in [0.05, 0.1) is 14.2 Å². The molecule has 0 unspecified atom stereocenters. The van der Waals surface area contributed by atoms with Crippen molar-refractivity contribution in [2.75, 3.05) is 26.1 Å². The van der Waals surface area contributed by atoms with E-state index in [9.17, 15) is 9.18 Å². The van der Waals surface area contributed by atoms with Crippen molar-refractivity contribution in [3.8, 4) is 11.5 Å². The Balaban J connectivity index is 1.88. The molecule has 0 heterocycles. The molecule has 0 bridgehead atoms. The van der Waals surface area contributed by atoms with Gasteiger partial charge in [0.2, 0.25) is 0 Å². The zero-order valence-electron chi connectivity index (χ0n) is 13.1. The molecule has 2 rings (SSSR count). The van der Waals surface area contributed by atoms with E-state index in [1.807, 2.05) is 0 Å². The van der Waals surface area contributed by atoms with Gasteiger partial charge in [-0.2, -0.15) is 0 Å². The zero-order valence-corrected chi connectivity index (χ0v) is 13.1. The molecule has 2 aromatic carbocycles. The molecule has 0 spiro atoms. The molecule has 0 aliphatic carbocycles. The molecule has 6 heteroatoms. The smallest absolute Gasteiger partial charge is 0.319 e. The van der Waals surface area contributed by atoms with E-state index in [0.29, 0.717) is 35.7 Å². The summed E-state index contributed by atoms with van der Waals surface area (Å²) in [6.45, 7) is 0.327. The number of rotatable bonds is 6. The van der Waals surface area contributed by atoms with E-state index >= 15 is 0 Å². The average molecular weight is 318 g/mol. The zero-order chi connectivity index (χ0) is 16.7. The Morgan fingerprint density at radius 2 is 1.74 bits per heavy atom. The summed E-state index contributed by atoms with van der Waals surface area (Å²) in [5, 5.41) is 5.37. The maximum absolute atomic E-state index is 13.5. The number of halogens is 1. The van der Waals surface area contributed by atoms with Crippen LogP contribution in [0, 0.1) is 5.82 Å². The Morgan fingerprint density at radius 3 is 2.35 bits per heavy atom. The molecule has 0 aromatic heterocycles. The first kappa shape index (κ1) is 16.6. The summed E-state index contributed by atoms with van der Waals surface area (Å²) in [6, 6.07) is 11.2. The standard InChI is InChI=1S/C17H19FN2O3/c1-22-14-9-13(10-15(11-14)23-2)20-17(21)19-8-7-12-5-3-4-6-16(12)18/h3-6,9-11H,7-8H2,1-2H3,(H2,19,20,21). The third kappa shape index (κ3) is 4.88. The van der Waals surface area contributed by atoms with Crippen LogP contribution >= 0.6 is 0 Å². The fourth-order valence-corrected chi connectivity index (χ4v) is 2.07. The number of benzene rings is 2. The van der Waals surface area contributed by atoms with Gasteiger partial charge in [0.1, 0.15) is 17.3 Å². The fourth-order valence-electron chi connectivity index (χ4n) is 2.07. The first-order valence-corrected chi connectivity index (χ1v) is 7.13. The highest BCUT2D eigenvalue weighted by atomic mass is 19.1. The average Bonchev–Trinajstić information content (AvgIpc) is 2.56. The summed E-state index contributed by atoms with van der Waals surface area (Å²) in [6.07, 6.45) is 0.418. The Hall–Kier alpha value is -2.76. The van der Waals surface area contributed by atoms with Crippen molar-refractivity contribution in [2.45, 2.75) is 6.42 Å². The highest BCUT2D eigenvalue weighted by Gasteiger charge is 2.06. The maximum atomic E-state index is 13.5. The van der Waals surface area contributed by atoms with Crippen molar-refractivity contribution < 1.29 is 18.7 Å². The van der Waals surface area contributed by atoms with Crippen molar-refractivity contribution in [1.29, 1.82) is 0 Å². The van der Waals surface area contributed by atoms with Crippen LogP contribution in [0.25, 0.3) is 0 Å². The van der Waals surface area contributed by atoms with Gasteiger partial charge in [-0.1, -0.05) is 18.2 Å². The van der Waals surface area contributed by atoms with Crippen molar-refractivity contribution in [3.05, 3.63) is 53.8 Å². The number of carbonyl (C=O) groups excluding carboxylic acids is 1. The van der Waals surface area contributed by atoms with Crippen LogP contribution in [-0.4, -0.2) is 26.8 Å². The Bertz CT molecular complexity index is 654. The molecular weight excluding hydrogens is 299 g/mol. The third-order valence-corrected chi connectivity index (χ3v) is 3.25. The van der Waals surface area contributed by atoms with Crippen LogP contribution in [0.4, 0.5) is 14.9 Å². The molecule has 0 saturated heterocycles. The molecule has 0 atom stereocenters. The number of anilines is 1. The second-order valence-corrected chi connectivity index (χ2v) is 4.82. The molecule has 122 valence electrons. The SMILES string of the molecule is COc1cc(NC(=O)NCCc2ccccc2F)cc(OC)c1. The number of amides is 2. The van der Waals surface area contributed by atoms with Gasteiger partial charge >= 0.3 is 6.03 Å². The number of hydrogen-bond acceptors (Lipinski definition) is 3. The lowest BCUT2D eigenvalue weighted by atomic mass is 10.1. The molecule has 2 N–H and O–H groups in total. The maximum Gasteiger partial charge on any atom is 0.319 e. The normalized spacial score (nSPS) is 10.0. The number of methoxy groups -OCH3 is 2. The topological polar surface area (TPSA) is 59.6 Å². The van der Waals surface area contributed by atoms with Crippen LogP contribution in [-0.2, 0) is 6.42 Å². The molecule has 0 saturated carbocycles. The van der Waals surface area contributed by atoms with E-state index in [0.717, 1.165) is 0 Å². The fraction of sp³-hybridized carbons (Fsp3) is 0.235. The molecule has 2 aromatic rings. The second-order valence-electron chi connectivity index (χ2n) is 4.82. The monoisotopic (exact) mass is 318 g/mol. The summed E-state index contributed by atoms with van der Waals surface area (Å²) in [5.74, 6) is 0.879. The largest absolute Gasteiger partial charge is 0.497 e. The van der Waals surface area contributed by atoms with E-state index in [2.05, 4.69) is 10.6 Å². The lowest BCUT2D eigenvalue weighted by molar-refractivity contribution is 0.252. The lowest BCUT2D eigenvalue weighted by Gasteiger charge is -2.11. The van der Waals surface area contributed by atoms with Crippen LogP contribution in [0.1, 0.15) is 5.56 Å². The Kier molecular flexibility index (Phi) is 5.80. The summed E-state index contributed by atoms with van der Waals surface area (Å²) in [4.78, 5) is 11.9. The number of urea groups is 1. The van der Waals surface area contributed by atoms with Crippen LogP contribution in [0.5, 0.6) is 11.5 Å². The number of nitrogens with one attached hydrogen (secondary N) is 2. The van der Waals surface area contributed by atoms with Crippen molar-refractivity contribution in [1.82, 2.24) is 5.32 Å². The van der Waals surface area contributed by atoms with Crippen LogP contribution in [0.2, 0.25) is 0 Å². The predicted octanol–water partition coefficient (Wildman–Crippen LogP) is 3.21. The van der Waals surface area contributed by atoms with Crippen molar-refractivity contribution in [2.24, 2.45) is 0 Å². The Labute approximate surface area is 134 Å². The second kappa shape index (κ2) is 8.03. The quantitative estimate of drug-likeness (QED) is 0.860. The van der Waals surface area contributed by atoms with Crippen LogP contribution in [0.3, 0.4) is 0 Å². The molecule has 5 nitrogen and oxygen atoms in total. The van der Waals surface area contributed by atoms with Crippen LogP contribution in [0.15, 0.2) is 42.5 Å². The molecule has 0 radical (unpaired) electrons. The van der Waals surface area contributed by atoms with E-state index in [1.165, 1.54) is 20.3 Å². The van der Waals surface area contributed by atoms with E-state index in [4.69, 9.17) is 9.47 Å². The summed E-state index contributed by atoms with van der Waals surface area (Å²) < 4.78 is 23.7. The lowest BCUT2D eigenvalue weighted by Crippen LogP contribution is -2.30. The van der Waals surface area contributed by atoms with Gasteiger partial charge in [-0.3, -0.25) is 0 Å². The van der Waals surface area contributed by atoms with Gasteiger partial charge in [0, 0.05) is 30.4 Å². The summed E-state index contributed by atoms with van der Waals surface area (Å²) >= 11 is 0. The predicted molar refractivity (Wildman–Crippen MR) is 86.7 cm³/mol. The molecule has 23 heavy (non-hydrogen) atoms. The third-order valence-electron chi connectivity index (χ3n) is 3.25. The number of carbonyl (C=O) groups is 1. The van der Waals surface area contributed by atoms with Gasteiger partial charge in [-0.15, -0.1) is 0 Å². The van der Waals surface area contributed by atoms with Gasteiger partial charge in [0.15, 0.2) is 0 Å². The Morgan fingerprint density at radius 1 is 1.09 bits per heavy atom. The molecular formula is C17H19FN2O3. The highest BCUT2D eigenvalue weighted by molar-refractivity contribution is 5.89. The van der Waals surface area contributed by atoms with Gasteiger partial charge < -0.3 is 20.1 Å². The molecule has 0 aliphatic heterocycles. The van der Waals surface area contributed by atoms with E-state index < -0.39 is 0 Å². The van der Waals surface area contributed by atoms with Crippen molar-refractivity contribution >= 4 is 11.7 Å². The molecule has 2 amide bonds.